The average molecular weight is 471 g/mol. The lowest BCUT2D eigenvalue weighted by molar-refractivity contribution is -0.384. The predicted octanol–water partition coefficient (Wildman–Crippen LogP) is 6.40. The molecule has 0 radical (unpaired) electrons. The smallest absolute Gasteiger partial charge is 0.269 e. The maximum atomic E-state index is 13.3. The number of carbonyl (C=O) groups is 1. The Bertz CT molecular complexity index is 1400. The number of nitro groups is 1. The second-order valence-electron chi connectivity index (χ2n) is 6.52. The zero-order valence-electron chi connectivity index (χ0n) is 15.6. The molecule has 0 spiro atoms. The number of anilines is 1. The zero-order chi connectivity index (χ0) is 22.1. The molecule has 1 N–H and O–H groups in total. The Morgan fingerprint density at radius 1 is 0.968 bits per heavy atom. The van der Waals surface area contributed by atoms with E-state index < -0.39 is 10.8 Å². The van der Waals surface area contributed by atoms with E-state index in [0.29, 0.717) is 25.7 Å². The van der Waals surface area contributed by atoms with E-state index >= 15 is 0 Å². The molecule has 0 atom stereocenters. The molecule has 4 rings (SSSR count). The van der Waals surface area contributed by atoms with Crippen LogP contribution in [0.25, 0.3) is 21.2 Å². The van der Waals surface area contributed by atoms with Crippen molar-refractivity contribution in [3.63, 3.8) is 0 Å². The van der Waals surface area contributed by atoms with Gasteiger partial charge in [-0.1, -0.05) is 41.4 Å². The topological polar surface area (TPSA) is 89.3 Å². The fourth-order valence-corrected chi connectivity index (χ4v) is 4.45. The van der Waals surface area contributed by atoms with Crippen LogP contribution < -0.4 is 10.7 Å². The summed E-state index contributed by atoms with van der Waals surface area (Å²) in [6.45, 7) is 0. The van der Waals surface area contributed by atoms with Crippen LogP contribution in [0.5, 0.6) is 0 Å². The first-order valence-electron chi connectivity index (χ1n) is 8.92. The van der Waals surface area contributed by atoms with Crippen LogP contribution in [-0.4, -0.2) is 10.8 Å². The Balaban J connectivity index is 1.84. The summed E-state index contributed by atoms with van der Waals surface area (Å²) < 4.78 is 0.704. The minimum atomic E-state index is -0.542. The molecule has 0 bridgehead atoms. The van der Waals surface area contributed by atoms with Gasteiger partial charge >= 0.3 is 0 Å². The van der Waals surface area contributed by atoms with Crippen molar-refractivity contribution in [1.29, 1.82) is 0 Å². The van der Waals surface area contributed by atoms with E-state index in [9.17, 15) is 19.7 Å². The van der Waals surface area contributed by atoms with E-state index in [1.54, 1.807) is 42.5 Å². The van der Waals surface area contributed by atoms with Crippen LogP contribution in [0, 0.1) is 10.1 Å². The molecule has 0 aliphatic heterocycles. The lowest BCUT2D eigenvalue weighted by Crippen LogP contribution is -2.15. The van der Waals surface area contributed by atoms with E-state index in [1.165, 1.54) is 35.6 Å². The molecule has 0 unspecified atom stereocenters. The summed E-state index contributed by atoms with van der Waals surface area (Å²) >= 11 is 13.4. The number of nitrogens with zero attached hydrogens (tertiary/aromatic N) is 1. The van der Waals surface area contributed by atoms with Crippen molar-refractivity contribution in [2.45, 2.75) is 0 Å². The highest BCUT2D eigenvalue weighted by molar-refractivity contribution is 7.22. The van der Waals surface area contributed by atoms with Crippen LogP contribution in [0.3, 0.4) is 0 Å². The Kier molecular flexibility index (Phi) is 5.73. The monoisotopic (exact) mass is 470 g/mol. The summed E-state index contributed by atoms with van der Waals surface area (Å²) in [5.74, 6) is -0.498. The van der Waals surface area contributed by atoms with Crippen LogP contribution >= 0.6 is 34.5 Å². The van der Waals surface area contributed by atoms with Gasteiger partial charge < -0.3 is 5.32 Å². The number of nitro benzene ring substituents is 1. The lowest BCUT2D eigenvalue weighted by Gasteiger charge is -2.12. The van der Waals surface area contributed by atoms with Crippen molar-refractivity contribution in [2.75, 3.05) is 5.32 Å². The normalized spacial score (nSPS) is 10.8. The standard InChI is InChI=1S/C22H12Cl2N2O4S/c23-16-10-7-13(11-17(16)24)19-20(27)15-3-1-2-4-18(15)31-22(19)25-21(28)12-5-8-14(9-6-12)26(29)30/h1-11H,(H,25,28). The highest BCUT2D eigenvalue weighted by atomic mass is 35.5. The Morgan fingerprint density at radius 3 is 2.35 bits per heavy atom. The Labute approximate surface area is 189 Å². The third-order valence-corrected chi connectivity index (χ3v) is 6.40. The van der Waals surface area contributed by atoms with E-state index in [-0.39, 0.29) is 27.3 Å². The van der Waals surface area contributed by atoms with Gasteiger partial charge in [-0.2, -0.15) is 0 Å². The van der Waals surface area contributed by atoms with Crippen LogP contribution in [0.4, 0.5) is 10.7 Å². The number of fused-ring (bicyclic) bond motifs is 1. The lowest BCUT2D eigenvalue weighted by atomic mass is 10.1. The molecule has 0 fully saturated rings. The molecule has 0 aliphatic carbocycles. The first-order valence-corrected chi connectivity index (χ1v) is 10.5. The van der Waals surface area contributed by atoms with Gasteiger partial charge in [0.25, 0.3) is 11.6 Å². The summed E-state index contributed by atoms with van der Waals surface area (Å²) in [4.78, 5) is 36.4. The zero-order valence-corrected chi connectivity index (χ0v) is 17.9. The minimum absolute atomic E-state index is 0.122. The van der Waals surface area contributed by atoms with Gasteiger partial charge in [0.15, 0.2) is 5.43 Å². The van der Waals surface area contributed by atoms with Crippen LogP contribution in [0.2, 0.25) is 10.0 Å². The highest BCUT2D eigenvalue weighted by Gasteiger charge is 2.18. The van der Waals surface area contributed by atoms with Gasteiger partial charge in [-0.3, -0.25) is 19.7 Å². The van der Waals surface area contributed by atoms with Gasteiger partial charge in [0, 0.05) is 27.8 Å². The molecule has 1 aromatic heterocycles. The maximum Gasteiger partial charge on any atom is 0.269 e. The predicted molar refractivity (Wildman–Crippen MR) is 125 cm³/mol. The van der Waals surface area contributed by atoms with Crippen molar-refractivity contribution in [1.82, 2.24) is 0 Å². The third kappa shape index (κ3) is 4.16. The number of hydrogen-bond donors (Lipinski definition) is 1. The number of hydrogen-bond acceptors (Lipinski definition) is 5. The van der Waals surface area contributed by atoms with Crippen molar-refractivity contribution >= 4 is 61.2 Å². The number of carbonyl (C=O) groups excluding carboxylic acids is 1. The molecule has 1 heterocycles. The minimum Gasteiger partial charge on any atom is -0.313 e. The molecule has 6 nitrogen and oxygen atoms in total. The quantitative estimate of drug-likeness (QED) is 0.276. The van der Waals surface area contributed by atoms with Gasteiger partial charge in [-0.05, 0) is 42.0 Å². The van der Waals surface area contributed by atoms with Crippen LogP contribution in [0.15, 0.2) is 71.5 Å². The van der Waals surface area contributed by atoms with Gasteiger partial charge in [-0.15, -0.1) is 11.3 Å². The van der Waals surface area contributed by atoms with E-state index in [0.717, 1.165) is 0 Å². The third-order valence-electron chi connectivity index (χ3n) is 4.57. The molecule has 3 aromatic carbocycles. The second-order valence-corrected chi connectivity index (χ2v) is 8.39. The first kappa shape index (κ1) is 21.0. The number of benzene rings is 3. The number of non-ortho nitro benzene ring substituents is 1. The molecule has 1 amide bonds. The molecule has 4 aromatic rings. The highest BCUT2D eigenvalue weighted by Crippen LogP contribution is 2.36. The van der Waals surface area contributed by atoms with Crippen molar-refractivity contribution in [3.05, 3.63) is 103 Å². The van der Waals surface area contributed by atoms with E-state index in [4.69, 9.17) is 23.2 Å². The summed E-state index contributed by atoms with van der Waals surface area (Å²) in [7, 11) is 0. The van der Waals surface area contributed by atoms with Gasteiger partial charge in [0.1, 0.15) is 5.00 Å². The summed E-state index contributed by atoms with van der Waals surface area (Å²) in [5, 5.41) is 15.1. The second kappa shape index (κ2) is 8.47. The number of rotatable bonds is 4. The summed E-state index contributed by atoms with van der Waals surface area (Å²) in [6.07, 6.45) is 0. The number of nitrogens with one attached hydrogen (secondary N) is 1. The molecule has 154 valence electrons. The van der Waals surface area contributed by atoms with Gasteiger partial charge in [0.2, 0.25) is 0 Å². The molecule has 0 aliphatic rings. The molecule has 9 heteroatoms. The number of amides is 1. The van der Waals surface area contributed by atoms with Gasteiger partial charge in [-0.25, -0.2) is 0 Å². The molecular formula is C22H12Cl2N2O4S. The number of halogens is 2. The average Bonchev–Trinajstić information content (AvgIpc) is 2.76. The largest absolute Gasteiger partial charge is 0.313 e. The van der Waals surface area contributed by atoms with E-state index in [2.05, 4.69) is 5.32 Å². The molecule has 0 saturated heterocycles. The van der Waals surface area contributed by atoms with Crippen LogP contribution in [-0.2, 0) is 0 Å². The fourth-order valence-electron chi connectivity index (χ4n) is 3.05. The van der Waals surface area contributed by atoms with Crippen molar-refractivity contribution < 1.29 is 9.72 Å². The summed E-state index contributed by atoms with van der Waals surface area (Å²) in [5.41, 5.74) is 0.645. The SMILES string of the molecule is O=C(Nc1sc2ccccc2c(=O)c1-c1ccc(Cl)c(Cl)c1)c1ccc([N+](=O)[O-])cc1. The fraction of sp³-hybridized carbons (Fsp3) is 0. The van der Waals surface area contributed by atoms with Crippen molar-refractivity contribution in [2.24, 2.45) is 0 Å². The molecule has 31 heavy (non-hydrogen) atoms. The maximum absolute atomic E-state index is 13.3. The Hall–Kier alpha value is -3.26. The van der Waals surface area contributed by atoms with E-state index in [1.807, 2.05) is 0 Å². The molecule has 0 saturated carbocycles. The molecular weight excluding hydrogens is 459 g/mol. The van der Waals surface area contributed by atoms with Crippen LogP contribution in [0.1, 0.15) is 10.4 Å². The Morgan fingerprint density at radius 2 is 1.68 bits per heavy atom. The summed E-state index contributed by atoms with van der Waals surface area (Å²) in [6, 6.07) is 17.1. The first-order chi connectivity index (χ1) is 14.8. The van der Waals surface area contributed by atoms with Crippen molar-refractivity contribution in [3.8, 4) is 11.1 Å². The van der Waals surface area contributed by atoms with Gasteiger partial charge in [0.05, 0.1) is 20.5 Å².